The van der Waals surface area contributed by atoms with Crippen molar-refractivity contribution in [2.24, 2.45) is 5.92 Å². The lowest BCUT2D eigenvalue weighted by atomic mass is 9.94. The number of nitrogens with zero attached hydrogens (tertiary/aromatic N) is 1. The summed E-state index contributed by atoms with van der Waals surface area (Å²) in [6.07, 6.45) is 5.16. The van der Waals surface area contributed by atoms with Crippen molar-refractivity contribution in [3.63, 3.8) is 0 Å². The molecule has 2 fully saturated rings. The molecular weight excluding hydrogens is 326 g/mol. The molecule has 1 N–H and O–H groups in total. The zero-order valence-electron chi connectivity index (χ0n) is 14.5. The molecule has 2 aliphatic rings. The van der Waals surface area contributed by atoms with Crippen LogP contribution in [-0.4, -0.2) is 29.3 Å². The highest BCUT2D eigenvalue weighted by molar-refractivity contribution is 5.84. The van der Waals surface area contributed by atoms with Crippen LogP contribution in [0.4, 0.5) is 8.78 Å². The largest absolute Gasteiger partial charge is 0.352 e. The van der Waals surface area contributed by atoms with Crippen molar-refractivity contribution in [2.75, 3.05) is 6.54 Å². The van der Waals surface area contributed by atoms with Gasteiger partial charge in [-0.2, -0.15) is 0 Å². The molecule has 0 aromatic heterocycles. The predicted molar refractivity (Wildman–Crippen MR) is 89.6 cm³/mol. The van der Waals surface area contributed by atoms with Gasteiger partial charge in [0.05, 0.1) is 5.92 Å². The molecule has 1 saturated carbocycles. The Morgan fingerprint density at radius 3 is 2.64 bits per heavy atom. The number of hydrogen-bond donors (Lipinski definition) is 1. The van der Waals surface area contributed by atoms with Gasteiger partial charge < -0.3 is 10.2 Å². The average molecular weight is 350 g/mol. The number of piperidine rings is 1. The van der Waals surface area contributed by atoms with Crippen molar-refractivity contribution in [2.45, 2.75) is 58.0 Å². The summed E-state index contributed by atoms with van der Waals surface area (Å²) in [5.74, 6) is -2.13. The van der Waals surface area contributed by atoms with Crippen LogP contribution in [0.1, 0.15) is 49.7 Å². The van der Waals surface area contributed by atoms with Crippen molar-refractivity contribution in [3.8, 4) is 0 Å². The minimum atomic E-state index is -0.910. The number of rotatable bonds is 4. The molecule has 1 aromatic carbocycles. The fourth-order valence-corrected chi connectivity index (χ4v) is 3.80. The third-order valence-corrected chi connectivity index (χ3v) is 5.39. The molecule has 25 heavy (non-hydrogen) atoms. The highest BCUT2D eigenvalue weighted by Gasteiger charge is 2.35. The molecule has 1 atom stereocenters. The molecule has 6 heteroatoms. The summed E-state index contributed by atoms with van der Waals surface area (Å²) < 4.78 is 27.5. The van der Waals surface area contributed by atoms with E-state index in [1.54, 1.807) is 0 Å². The summed E-state index contributed by atoms with van der Waals surface area (Å²) in [6, 6.07) is 3.25. The second-order valence-corrected chi connectivity index (χ2v) is 7.11. The van der Waals surface area contributed by atoms with E-state index < -0.39 is 11.6 Å². The molecule has 136 valence electrons. The van der Waals surface area contributed by atoms with Crippen LogP contribution in [0, 0.1) is 24.5 Å². The first kappa shape index (κ1) is 17.8. The molecule has 1 aliphatic heterocycles. The number of carbonyl (C=O) groups excluding carboxylic acids is 2. The van der Waals surface area contributed by atoms with Crippen molar-refractivity contribution >= 4 is 11.8 Å². The molecule has 4 nitrogen and oxygen atoms in total. The minimum absolute atomic E-state index is 0.0459. The summed E-state index contributed by atoms with van der Waals surface area (Å²) in [7, 11) is 0. The Bertz CT molecular complexity index is 672. The maximum atomic E-state index is 13.9. The lowest BCUT2D eigenvalue weighted by molar-refractivity contribution is -0.140. The molecule has 1 heterocycles. The smallest absolute Gasteiger partial charge is 0.225 e. The zero-order chi connectivity index (χ0) is 18.0. The fourth-order valence-electron chi connectivity index (χ4n) is 3.80. The van der Waals surface area contributed by atoms with Crippen LogP contribution in [0.25, 0.3) is 0 Å². The minimum Gasteiger partial charge on any atom is -0.352 e. The second-order valence-electron chi connectivity index (χ2n) is 7.11. The molecule has 1 aliphatic carbocycles. The van der Waals surface area contributed by atoms with Crippen LogP contribution >= 0.6 is 0 Å². The molecule has 0 bridgehead atoms. The van der Waals surface area contributed by atoms with Gasteiger partial charge in [-0.15, -0.1) is 0 Å². The third-order valence-electron chi connectivity index (χ3n) is 5.39. The molecule has 0 radical (unpaired) electrons. The van der Waals surface area contributed by atoms with E-state index >= 15 is 0 Å². The van der Waals surface area contributed by atoms with Crippen LogP contribution in [0.3, 0.4) is 0 Å². The first-order valence-corrected chi connectivity index (χ1v) is 8.98. The number of nitrogens with one attached hydrogen (secondary N) is 1. The summed E-state index contributed by atoms with van der Waals surface area (Å²) >= 11 is 0. The Labute approximate surface area is 146 Å². The summed E-state index contributed by atoms with van der Waals surface area (Å²) in [4.78, 5) is 26.4. The Morgan fingerprint density at radius 2 is 1.92 bits per heavy atom. The van der Waals surface area contributed by atoms with Gasteiger partial charge in [0.15, 0.2) is 11.6 Å². The van der Waals surface area contributed by atoms with Gasteiger partial charge in [-0.1, -0.05) is 25.0 Å². The van der Waals surface area contributed by atoms with E-state index in [1.807, 2.05) is 4.90 Å². The first-order valence-electron chi connectivity index (χ1n) is 8.98. The van der Waals surface area contributed by atoms with Crippen molar-refractivity contribution in [1.29, 1.82) is 0 Å². The highest BCUT2D eigenvalue weighted by atomic mass is 19.2. The van der Waals surface area contributed by atoms with E-state index in [0.717, 1.165) is 25.7 Å². The number of amides is 2. The van der Waals surface area contributed by atoms with Crippen LogP contribution < -0.4 is 5.32 Å². The van der Waals surface area contributed by atoms with Gasteiger partial charge in [0.25, 0.3) is 0 Å². The highest BCUT2D eigenvalue weighted by Crippen LogP contribution is 2.28. The van der Waals surface area contributed by atoms with Gasteiger partial charge in [-0.05, 0) is 31.7 Å². The normalized spacial score (nSPS) is 21.6. The topological polar surface area (TPSA) is 49.4 Å². The lowest BCUT2D eigenvalue weighted by Gasteiger charge is -2.36. The van der Waals surface area contributed by atoms with E-state index in [-0.39, 0.29) is 41.4 Å². The number of hydrogen-bond acceptors (Lipinski definition) is 2. The van der Waals surface area contributed by atoms with Gasteiger partial charge in [-0.25, -0.2) is 8.78 Å². The average Bonchev–Trinajstić information content (AvgIpc) is 3.13. The second kappa shape index (κ2) is 7.50. The van der Waals surface area contributed by atoms with Gasteiger partial charge in [0.2, 0.25) is 11.8 Å². The molecule has 0 unspecified atom stereocenters. The number of aryl methyl sites for hydroxylation is 1. The Balaban J connectivity index is 1.59. The van der Waals surface area contributed by atoms with Crippen LogP contribution in [0.5, 0.6) is 0 Å². The van der Waals surface area contributed by atoms with E-state index in [9.17, 15) is 18.4 Å². The lowest BCUT2D eigenvalue weighted by Crippen LogP contribution is -2.49. The number of carbonyl (C=O) groups is 2. The van der Waals surface area contributed by atoms with Gasteiger partial charge in [-0.3, -0.25) is 9.59 Å². The number of halogens is 2. The van der Waals surface area contributed by atoms with Gasteiger partial charge in [0, 0.05) is 31.1 Å². The SMILES string of the molecule is Cc1ccc(CNC(=O)[C@@H]2CCC(=O)N(C3CCCC3)C2)c(F)c1F. The summed E-state index contributed by atoms with van der Waals surface area (Å²) in [6.45, 7) is 1.88. The van der Waals surface area contributed by atoms with Crippen LogP contribution in [0.2, 0.25) is 0 Å². The third kappa shape index (κ3) is 3.83. The Kier molecular flexibility index (Phi) is 5.35. The van der Waals surface area contributed by atoms with Crippen LogP contribution in [-0.2, 0) is 16.1 Å². The predicted octanol–water partition coefficient (Wildman–Crippen LogP) is 3.07. The zero-order valence-corrected chi connectivity index (χ0v) is 14.5. The fraction of sp³-hybridized carbons (Fsp3) is 0.579. The number of likely N-dealkylation sites (tertiary alicyclic amines) is 1. The molecule has 3 rings (SSSR count). The molecule has 1 saturated heterocycles. The monoisotopic (exact) mass is 350 g/mol. The summed E-state index contributed by atoms with van der Waals surface area (Å²) in [5, 5.41) is 2.70. The van der Waals surface area contributed by atoms with E-state index in [2.05, 4.69) is 5.32 Å². The Hall–Kier alpha value is -1.98. The Morgan fingerprint density at radius 1 is 1.20 bits per heavy atom. The van der Waals surface area contributed by atoms with Gasteiger partial charge >= 0.3 is 0 Å². The molecule has 1 aromatic rings. The maximum absolute atomic E-state index is 13.9. The van der Waals surface area contributed by atoms with E-state index in [0.29, 0.717) is 19.4 Å². The van der Waals surface area contributed by atoms with Crippen molar-refractivity contribution in [3.05, 3.63) is 34.9 Å². The first-order chi connectivity index (χ1) is 12.0. The van der Waals surface area contributed by atoms with Crippen LogP contribution in [0.15, 0.2) is 12.1 Å². The van der Waals surface area contributed by atoms with E-state index in [1.165, 1.54) is 19.1 Å². The molecule has 0 spiro atoms. The molecular formula is C19H24F2N2O2. The molecule has 2 amide bonds. The maximum Gasteiger partial charge on any atom is 0.225 e. The van der Waals surface area contributed by atoms with E-state index in [4.69, 9.17) is 0 Å². The standard InChI is InChI=1S/C19H24F2N2O2/c1-12-6-7-13(18(21)17(12)20)10-22-19(25)14-8-9-16(24)23(11-14)15-4-2-3-5-15/h6-7,14-15H,2-5,8-11H2,1H3,(H,22,25)/t14-/m1/s1. The summed E-state index contributed by atoms with van der Waals surface area (Å²) in [5.41, 5.74) is 0.376. The van der Waals surface area contributed by atoms with Gasteiger partial charge in [0.1, 0.15) is 0 Å². The van der Waals surface area contributed by atoms with Crippen molar-refractivity contribution in [1.82, 2.24) is 10.2 Å². The number of benzene rings is 1. The quantitative estimate of drug-likeness (QED) is 0.907. The van der Waals surface area contributed by atoms with Crippen molar-refractivity contribution < 1.29 is 18.4 Å².